The molecule has 0 radical (unpaired) electrons. The molecule has 0 heterocycles. The van der Waals surface area contributed by atoms with Crippen molar-refractivity contribution in [3.8, 4) is 11.5 Å². The summed E-state index contributed by atoms with van der Waals surface area (Å²) in [7, 11) is 1.60. The van der Waals surface area contributed by atoms with Gasteiger partial charge in [0.2, 0.25) is 0 Å². The molecule has 0 aliphatic carbocycles. The second kappa shape index (κ2) is 6.20. The minimum absolute atomic E-state index is 0.306. The van der Waals surface area contributed by atoms with Gasteiger partial charge in [-0.1, -0.05) is 12.1 Å². The van der Waals surface area contributed by atoms with Crippen LogP contribution in [0, 0.1) is 5.82 Å². The molecule has 2 rings (SSSR count). The van der Waals surface area contributed by atoms with E-state index in [1.54, 1.807) is 19.2 Å². The number of ether oxygens (including phenoxy) is 2. The molecule has 0 fully saturated rings. The third kappa shape index (κ3) is 3.45. The number of benzene rings is 2. The van der Waals surface area contributed by atoms with E-state index in [4.69, 9.17) is 15.2 Å². The van der Waals surface area contributed by atoms with Gasteiger partial charge < -0.3 is 15.2 Å². The summed E-state index contributed by atoms with van der Waals surface area (Å²) in [5.74, 6) is 0.897. The predicted octanol–water partition coefficient (Wildman–Crippen LogP) is 2.87. The summed E-state index contributed by atoms with van der Waals surface area (Å²) in [5, 5.41) is 0. The van der Waals surface area contributed by atoms with E-state index in [2.05, 4.69) is 0 Å². The van der Waals surface area contributed by atoms with Crippen molar-refractivity contribution in [1.82, 2.24) is 0 Å². The smallest absolute Gasteiger partial charge is 0.126 e. The van der Waals surface area contributed by atoms with Crippen molar-refractivity contribution in [2.75, 3.05) is 7.11 Å². The Morgan fingerprint density at radius 3 is 2.68 bits per heavy atom. The summed E-state index contributed by atoms with van der Waals surface area (Å²) in [6, 6.07) is 11.7. The number of hydrogen-bond donors (Lipinski definition) is 1. The Balaban J connectivity index is 2.14. The van der Waals surface area contributed by atoms with Crippen molar-refractivity contribution in [1.29, 1.82) is 0 Å². The molecule has 0 spiro atoms. The van der Waals surface area contributed by atoms with E-state index < -0.39 is 0 Å². The number of methoxy groups -OCH3 is 1. The third-order valence-electron chi connectivity index (χ3n) is 2.77. The second-order valence-corrected chi connectivity index (χ2v) is 4.10. The molecule has 0 atom stereocenters. The van der Waals surface area contributed by atoms with Gasteiger partial charge in [0.15, 0.2) is 0 Å². The maximum absolute atomic E-state index is 13.0. The largest absolute Gasteiger partial charge is 0.496 e. The molecule has 2 aromatic carbocycles. The van der Waals surface area contributed by atoms with E-state index >= 15 is 0 Å². The SMILES string of the molecule is COc1ccc(CN)cc1COc1cccc(F)c1. The summed E-state index contributed by atoms with van der Waals surface area (Å²) in [4.78, 5) is 0. The molecule has 0 saturated carbocycles. The molecule has 2 N–H and O–H groups in total. The van der Waals surface area contributed by atoms with Gasteiger partial charge in [-0.15, -0.1) is 0 Å². The highest BCUT2D eigenvalue weighted by Gasteiger charge is 2.05. The zero-order chi connectivity index (χ0) is 13.7. The molecular weight excluding hydrogens is 245 g/mol. The first-order chi connectivity index (χ1) is 9.22. The number of nitrogens with two attached hydrogens (primary N) is 1. The molecule has 0 bridgehead atoms. The Morgan fingerprint density at radius 2 is 2.00 bits per heavy atom. The van der Waals surface area contributed by atoms with Gasteiger partial charge in [-0.2, -0.15) is 0 Å². The first-order valence-electron chi connectivity index (χ1n) is 5.97. The molecule has 2 aromatic rings. The normalized spacial score (nSPS) is 10.3. The molecule has 0 aliphatic heterocycles. The Kier molecular flexibility index (Phi) is 4.36. The van der Waals surface area contributed by atoms with Crippen LogP contribution in [0.1, 0.15) is 11.1 Å². The molecule has 3 nitrogen and oxygen atoms in total. The van der Waals surface area contributed by atoms with Gasteiger partial charge in [0, 0.05) is 18.2 Å². The summed E-state index contributed by atoms with van der Waals surface area (Å²) < 4.78 is 23.9. The standard InChI is InChI=1S/C15H16FNO2/c1-18-15-6-5-11(9-17)7-12(15)10-19-14-4-2-3-13(16)8-14/h2-8H,9-10,17H2,1H3. The van der Waals surface area contributed by atoms with Crippen molar-refractivity contribution in [2.45, 2.75) is 13.2 Å². The quantitative estimate of drug-likeness (QED) is 0.900. The summed E-state index contributed by atoms with van der Waals surface area (Å²) in [6.45, 7) is 0.761. The second-order valence-electron chi connectivity index (χ2n) is 4.10. The topological polar surface area (TPSA) is 44.5 Å². The molecule has 19 heavy (non-hydrogen) atoms. The van der Waals surface area contributed by atoms with E-state index in [1.807, 2.05) is 18.2 Å². The summed E-state index contributed by atoms with van der Waals surface area (Å²) in [5.41, 5.74) is 7.49. The molecule has 0 saturated heterocycles. The monoisotopic (exact) mass is 261 g/mol. The maximum atomic E-state index is 13.0. The van der Waals surface area contributed by atoms with Crippen molar-refractivity contribution in [3.63, 3.8) is 0 Å². The highest BCUT2D eigenvalue weighted by molar-refractivity contribution is 5.37. The van der Waals surface area contributed by atoms with Gasteiger partial charge in [0.1, 0.15) is 23.9 Å². The van der Waals surface area contributed by atoms with E-state index in [9.17, 15) is 4.39 Å². The van der Waals surface area contributed by atoms with Crippen LogP contribution in [0.3, 0.4) is 0 Å². The van der Waals surface area contributed by atoms with Crippen molar-refractivity contribution in [2.24, 2.45) is 5.73 Å². The van der Waals surface area contributed by atoms with Crippen LogP contribution in [0.4, 0.5) is 4.39 Å². The molecule has 4 heteroatoms. The Hall–Kier alpha value is -2.07. The Labute approximate surface area is 111 Å². The average molecular weight is 261 g/mol. The van der Waals surface area contributed by atoms with E-state index in [-0.39, 0.29) is 5.82 Å². The van der Waals surface area contributed by atoms with Gasteiger partial charge in [0.25, 0.3) is 0 Å². The summed E-state index contributed by atoms with van der Waals surface area (Å²) >= 11 is 0. The first-order valence-corrected chi connectivity index (χ1v) is 5.97. The van der Waals surface area contributed by atoms with Crippen molar-refractivity contribution in [3.05, 3.63) is 59.4 Å². The lowest BCUT2D eigenvalue weighted by Crippen LogP contribution is -2.02. The van der Waals surface area contributed by atoms with Crippen molar-refractivity contribution < 1.29 is 13.9 Å². The summed E-state index contributed by atoms with van der Waals surface area (Å²) in [6.07, 6.45) is 0. The lowest BCUT2D eigenvalue weighted by atomic mass is 10.1. The fourth-order valence-corrected chi connectivity index (χ4v) is 1.79. The minimum atomic E-state index is -0.319. The van der Waals surface area contributed by atoms with Gasteiger partial charge in [-0.25, -0.2) is 4.39 Å². The Morgan fingerprint density at radius 1 is 1.16 bits per heavy atom. The van der Waals surface area contributed by atoms with Gasteiger partial charge >= 0.3 is 0 Å². The van der Waals surface area contributed by atoms with Crippen molar-refractivity contribution >= 4 is 0 Å². The third-order valence-corrected chi connectivity index (χ3v) is 2.77. The van der Waals surface area contributed by atoms with Crippen LogP contribution in [0.15, 0.2) is 42.5 Å². The fourth-order valence-electron chi connectivity index (χ4n) is 1.79. The van der Waals surface area contributed by atoms with E-state index in [0.29, 0.717) is 18.9 Å². The highest BCUT2D eigenvalue weighted by Crippen LogP contribution is 2.22. The van der Waals surface area contributed by atoms with E-state index in [1.165, 1.54) is 12.1 Å². The zero-order valence-corrected chi connectivity index (χ0v) is 10.7. The fraction of sp³-hybridized carbons (Fsp3) is 0.200. The molecule has 0 aliphatic rings. The molecule has 100 valence electrons. The van der Waals surface area contributed by atoms with E-state index in [0.717, 1.165) is 16.9 Å². The van der Waals surface area contributed by atoms with Gasteiger partial charge in [0.05, 0.1) is 7.11 Å². The van der Waals surface area contributed by atoms with Crippen LogP contribution in [-0.4, -0.2) is 7.11 Å². The number of rotatable bonds is 5. The van der Waals surface area contributed by atoms with Crippen LogP contribution in [0.5, 0.6) is 11.5 Å². The minimum Gasteiger partial charge on any atom is -0.496 e. The molecule has 0 amide bonds. The lowest BCUT2D eigenvalue weighted by Gasteiger charge is -2.11. The van der Waals surface area contributed by atoms with Crippen LogP contribution in [0.25, 0.3) is 0 Å². The molecule has 0 unspecified atom stereocenters. The Bertz CT molecular complexity index is 558. The van der Waals surface area contributed by atoms with Gasteiger partial charge in [-0.05, 0) is 29.8 Å². The number of hydrogen-bond acceptors (Lipinski definition) is 3. The van der Waals surface area contributed by atoms with Gasteiger partial charge in [-0.3, -0.25) is 0 Å². The predicted molar refractivity (Wildman–Crippen MR) is 71.6 cm³/mol. The lowest BCUT2D eigenvalue weighted by molar-refractivity contribution is 0.295. The maximum Gasteiger partial charge on any atom is 0.126 e. The molecule has 0 aromatic heterocycles. The molecular formula is C15H16FNO2. The van der Waals surface area contributed by atoms with Crippen LogP contribution in [0.2, 0.25) is 0 Å². The number of halogens is 1. The first kappa shape index (κ1) is 13.4. The van der Waals surface area contributed by atoms with Crippen LogP contribution >= 0.6 is 0 Å². The highest BCUT2D eigenvalue weighted by atomic mass is 19.1. The zero-order valence-electron chi connectivity index (χ0n) is 10.7. The van der Waals surface area contributed by atoms with Crippen LogP contribution < -0.4 is 15.2 Å². The van der Waals surface area contributed by atoms with Crippen LogP contribution in [-0.2, 0) is 13.2 Å². The average Bonchev–Trinajstić information content (AvgIpc) is 2.45.